The summed E-state index contributed by atoms with van der Waals surface area (Å²) in [6, 6.07) is 14.1. The summed E-state index contributed by atoms with van der Waals surface area (Å²) >= 11 is 0. The first-order valence-corrected chi connectivity index (χ1v) is 10.1. The molecular formula is C23H25N3O5. The standard InChI is InChI=1S/C23H25N3O5/c1-15-8-10-16(11-9-15)23(2)21(28)26(22(29)24-23)13-20(27)25(3)12-17-14-30-18-6-4-5-7-19(18)31-17/h4-11,17H,12-14H2,1-3H3,(H,24,29)/t17-,23-/m1/s1. The zero-order valence-corrected chi connectivity index (χ0v) is 17.8. The Hall–Kier alpha value is -3.55. The fraction of sp³-hybridized carbons (Fsp3) is 0.348. The van der Waals surface area contributed by atoms with Gasteiger partial charge in [-0.1, -0.05) is 42.0 Å². The molecule has 0 aliphatic carbocycles. The molecular weight excluding hydrogens is 398 g/mol. The van der Waals surface area contributed by atoms with Gasteiger partial charge in [0, 0.05) is 7.05 Å². The highest BCUT2D eigenvalue weighted by Gasteiger charge is 2.49. The van der Waals surface area contributed by atoms with Crippen LogP contribution in [0.2, 0.25) is 0 Å². The fourth-order valence-corrected chi connectivity index (χ4v) is 3.74. The molecule has 4 rings (SSSR count). The van der Waals surface area contributed by atoms with Gasteiger partial charge in [0.1, 0.15) is 18.7 Å². The molecule has 2 atom stereocenters. The predicted octanol–water partition coefficient (Wildman–Crippen LogP) is 2.06. The summed E-state index contributed by atoms with van der Waals surface area (Å²) in [4.78, 5) is 40.7. The number of amides is 4. The first-order valence-electron chi connectivity index (χ1n) is 10.1. The van der Waals surface area contributed by atoms with Gasteiger partial charge in [-0.15, -0.1) is 0 Å². The van der Waals surface area contributed by atoms with E-state index in [1.165, 1.54) is 4.90 Å². The molecule has 8 nitrogen and oxygen atoms in total. The Morgan fingerprint density at radius 2 is 1.84 bits per heavy atom. The number of imide groups is 1. The van der Waals surface area contributed by atoms with Crippen molar-refractivity contribution in [3.8, 4) is 11.5 Å². The number of nitrogens with one attached hydrogen (secondary N) is 1. The highest BCUT2D eigenvalue weighted by Crippen LogP contribution is 2.31. The number of nitrogens with zero attached hydrogens (tertiary/aromatic N) is 2. The predicted molar refractivity (Wildman–Crippen MR) is 113 cm³/mol. The van der Waals surface area contributed by atoms with Crippen LogP contribution in [0.4, 0.5) is 4.79 Å². The van der Waals surface area contributed by atoms with Crippen molar-refractivity contribution in [3.05, 3.63) is 59.7 Å². The maximum absolute atomic E-state index is 13.0. The summed E-state index contributed by atoms with van der Waals surface area (Å²) in [5.74, 6) is 0.485. The number of aryl methyl sites for hydroxylation is 1. The van der Waals surface area contributed by atoms with E-state index in [0.717, 1.165) is 10.5 Å². The highest BCUT2D eigenvalue weighted by molar-refractivity contribution is 6.09. The number of carbonyl (C=O) groups is 3. The van der Waals surface area contributed by atoms with Gasteiger partial charge < -0.3 is 19.7 Å². The van der Waals surface area contributed by atoms with E-state index in [-0.39, 0.29) is 25.1 Å². The molecule has 1 N–H and O–H groups in total. The van der Waals surface area contributed by atoms with Crippen molar-refractivity contribution in [2.75, 3.05) is 26.7 Å². The van der Waals surface area contributed by atoms with Crippen LogP contribution in [0.3, 0.4) is 0 Å². The minimum absolute atomic E-state index is 0.270. The molecule has 31 heavy (non-hydrogen) atoms. The molecule has 8 heteroatoms. The Morgan fingerprint density at radius 3 is 2.55 bits per heavy atom. The van der Waals surface area contributed by atoms with Crippen molar-refractivity contribution in [2.45, 2.75) is 25.5 Å². The van der Waals surface area contributed by atoms with Crippen LogP contribution < -0.4 is 14.8 Å². The number of carbonyl (C=O) groups excluding carboxylic acids is 3. The maximum atomic E-state index is 13.0. The van der Waals surface area contributed by atoms with Crippen molar-refractivity contribution < 1.29 is 23.9 Å². The van der Waals surface area contributed by atoms with Crippen molar-refractivity contribution in [1.82, 2.24) is 15.1 Å². The summed E-state index contributed by atoms with van der Waals surface area (Å²) in [6.45, 7) is 3.83. The van der Waals surface area contributed by atoms with Crippen molar-refractivity contribution in [2.24, 2.45) is 0 Å². The zero-order chi connectivity index (χ0) is 22.2. The van der Waals surface area contributed by atoms with E-state index >= 15 is 0 Å². The van der Waals surface area contributed by atoms with Crippen LogP contribution in [0.25, 0.3) is 0 Å². The number of benzene rings is 2. The van der Waals surface area contributed by atoms with Crippen LogP contribution in [0.15, 0.2) is 48.5 Å². The second-order valence-corrected chi connectivity index (χ2v) is 8.08. The van der Waals surface area contributed by atoms with E-state index in [9.17, 15) is 14.4 Å². The summed E-state index contributed by atoms with van der Waals surface area (Å²) < 4.78 is 11.6. The van der Waals surface area contributed by atoms with Gasteiger partial charge in [-0.3, -0.25) is 14.5 Å². The monoisotopic (exact) mass is 423 g/mol. The number of hydrogen-bond donors (Lipinski definition) is 1. The molecule has 0 radical (unpaired) electrons. The summed E-state index contributed by atoms with van der Waals surface area (Å²) in [5.41, 5.74) is 0.522. The Morgan fingerprint density at radius 1 is 1.16 bits per heavy atom. The van der Waals surface area contributed by atoms with Gasteiger partial charge in [0.15, 0.2) is 17.6 Å². The van der Waals surface area contributed by atoms with Gasteiger partial charge in [-0.2, -0.15) is 0 Å². The Kier molecular flexibility index (Phi) is 5.31. The van der Waals surface area contributed by atoms with Gasteiger partial charge in [0.25, 0.3) is 5.91 Å². The van der Waals surface area contributed by atoms with Gasteiger partial charge in [0.2, 0.25) is 5.91 Å². The van der Waals surface area contributed by atoms with Gasteiger partial charge >= 0.3 is 6.03 Å². The highest BCUT2D eigenvalue weighted by atomic mass is 16.6. The topological polar surface area (TPSA) is 88.2 Å². The third-order valence-corrected chi connectivity index (χ3v) is 5.67. The van der Waals surface area contributed by atoms with Gasteiger partial charge in [0.05, 0.1) is 6.54 Å². The van der Waals surface area contributed by atoms with E-state index in [0.29, 0.717) is 23.7 Å². The largest absolute Gasteiger partial charge is 0.486 e. The second kappa shape index (κ2) is 7.94. The number of urea groups is 1. The van der Waals surface area contributed by atoms with E-state index < -0.39 is 17.5 Å². The molecule has 0 spiro atoms. The molecule has 1 saturated heterocycles. The number of fused-ring (bicyclic) bond motifs is 1. The number of rotatable bonds is 5. The normalized spacial score (nSPS) is 22.3. The van der Waals surface area contributed by atoms with E-state index in [1.807, 2.05) is 55.5 Å². The average Bonchev–Trinajstić information content (AvgIpc) is 2.97. The lowest BCUT2D eigenvalue weighted by atomic mass is 9.91. The third kappa shape index (κ3) is 3.93. The van der Waals surface area contributed by atoms with Crippen LogP contribution in [0.1, 0.15) is 18.1 Å². The summed E-state index contributed by atoms with van der Waals surface area (Å²) in [5, 5.41) is 2.72. The number of likely N-dealkylation sites (N-methyl/N-ethyl adjacent to an activating group) is 1. The van der Waals surface area contributed by atoms with E-state index in [4.69, 9.17) is 9.47 Å². The first-order chi connectivity index (χ1) is 14.8. The molecule has 162 valence electrons. The molecule has 0 saturated carbocycles. The van der Waals surface area contributed by atoms with Crippen LogP contribution in [-0.4, -0.2) is 60.5 Å². The SMILES string of the molecule is Cc1ccc([C@@]2(C)NC(=O)N(CC(=O)N(C)C[C@@H]3COc4ccccc4O3)C2=O)cc1. The Labute approximate surface area is 180 Å². The van der Waals surface area contributed by atoms with Crippen molar-refractivity contribution >= 4 is 17.8 Å². The number of hydrogen-bond acceptors (Lipinski definition) is 5. The minimum atomic E-state index is -1.20. The van der Waals surface area contributed by atoms with E-state index in [2.05, 4.69) is 5.32 Å². The molecule has 0 unspecified atom stereocenters. The number of para-hydroxylation sites is 2. The molecule has 4 amide bonds. The maximum Gasteiger partial charge on any atom is 0.325 e. The minimum Gasteiger partial charge on any atom is -0.486 e. The van der Waals surface area contributed by atoms with Crippen LogP contribution in [-0.2, 0) is 15.1 Å². The van der Waals surface area contributed by atoms with Crippen LogP contribution in [0.5, 0.6) is 11.5 Å². The molecule has 2 aromatic rings. The molecule has 1 fully saturated rings. The molecule has 2 aliphatic heterocycles. The molecule has 2 aromatic carbocycles. The van der Waals surface area contributed by atoms with E-state index in [1.54, 1.807) is 14.0 Å². The van der Waals surface area contributed by atoms with Crippen LogP contribution >= 0.6 is 0 Å². The lowest BCUT2D eigenvalue weighted by molar-refractivity contribution is -0.138. The Balaban J connectivity index is 1.39. The van der Waals surface area contributed by atoms with Gasteiger partial charge in [-0.05, 0) is 31.5 Å². The molecule has 2 aliphatic rings. The summed E-state index contributed by atoms with van der Waals surface area (Å²) in [6.07, 6.45) is -0.343. The van der Waals surface area contributed by atoms with Crippen LogP contribution in [0, 0.1) is 6.92 Å². The number of ether oxygens (including phenoxy) is 2. The molecule has 2 heterocycles. The molecule has 0 aromatic heterocycles. The average molecular weight is 423 g/mol. The lowest BCUT2D eigenvalue weighted by Crippen LogP contribution is -2.47. The Bertz CT molecular complexity index is 1020. The third-order valence-electron chi connectivity index (χ3n) is 5.67. The van der Waals surface area contributed by atoms with Gasteiger partial charge in [-0.25, -0.2) is 4.79 Å². The smallest absolute Gasteiger partial charge is 0.325 e. The lowest BCUT2D eigenvalue weighted by Gasteiger charge is -2.30. The fourth-order valence-electron chi connectivity index (χ4n) is 3.74. The quantitative estimate of drug-likeness (QED) is 0.744. The first kappa shape index (κ1) is 20.7. The zero-order valence-electron chi connectivity index (χ0n) is 17.8. The molecule has 0 bridgehead atoms. The van der Waals surface area contributed by atoms with Crippen molar-refractivity contribution in [1.29, 1.82) is 0 Å². The van der Waals surface area contributed by atoms with Crippen molar-refractivity contribution in [3.63, 3.8) is 0 Å². The summed E-state index contributed by atoms with van der Waals surface area (Å²) in [7, 11) is 1.61. The second-order valence-electron chi connectivity index (χ2n) is 8.08.